The fourth-order valence-corrected chi connectivity index (χ4v) is 6.17. The topological polar surface area (TPSA) is 93.2 Å². The Balaban J connectivity index is 1.62. The van der Waals surface area contributed by atoms with E-state index in [-0.39, 0.29) is 27.6 Å². The summed E-state index contributed by atoms with van der Waals surface area (Å²) in [5.41, 5.74) is 8.46. The maximum absolute atomic E-state index is 13.0. The summed E-state index contributed by atoms with van der Waals surface area (Å²) in [5.74, 6) is 0.906. The Morgan fingerprint density at radius 3 is 2.55 bits per heavy atom. The van der Waals surface area contributed by atoms with E-state index in [2.05, 4.69) is 38.9 Å². The van der Waals surface area contributed by atoms with Crippen molar-refractivity contribution in [2.45, 2.75) is 50.8 Å². The predicted molar refractivity (Wildman–Crippen MR) is 134 cm³/mol. The van der Waals surface area contributed by atoms with Crippen LogP contribution in [0.1, 0.15) is 50.8 Å². The van der Waals surface area contributed by atoms with Crippen molar-refractivity contribution in [3.8, 4) is 0 Å². The van der Waals surface area contributed by atoms with Gasteiger partial charge in [-0.05, 0) is 79.2 Å². The predicted octanol–water partition coefficient (Wildman–Crippen LogP) is 2.90. The number of aromatic nitrogens is 2. The summed E-state index contributed by atoms with van der Waals surface area (Å²) in [5, 5.41) is 0. The first-order valence-electron chi connectivity index (χ1n) is 10.6. The third kappa shape index (κ3) is 4.04. The number of hydrogen-bond donors (Lipinski definition) is 2. The van der Waals surface area contributed by atoms with Crippen molar-refractivity contribution in [3.63, 3.8) is 0 Å². The number of piperidine rings is 1. The Labute approximate surface area is 199 Å². The fourth-order valence-electron chi connectivity index (χ4n) is 4.74. The van der Waals surface area contributed by atoms with Gasteiger partial charge in [0.2, 0.25) is 5.95 Å². The number of nitrogens with one attached hydrogen (secondary N) is 1. The number of nitrogens with two attached hydrogens (primary N) is 1. The van der Waals surface area contributed by atoms with Crippen molar-refractivity contribution in [1.82, 2.24) is 14.3 Å². The fraction of sp³-hybridized carbons (Fsp3) is 0.545. The van der Waals surface area contributed by atoms with Crippen LogP contribution in [0.2, 0.25) is 0 Å². The van der Waals surface area contributed by atoms with Gasteiger partial charge in [-0.15, -0.1) is 0 Å². The molecule has 1 aliphatic carbocycles. The molecular formula is C22H30IN5O2S. The van der Waals surface area contributed by atoms with Crippen LogP contribution in [0.25, 0.3) is 0 Å². The second-order valence-corrected chi connectivity index (χ2v) is 12.7. The first kappa shape index (κ1) is 22.7. The third-order valence-corrected chi connectivity index (χ3v) is 9.16. The summed E-state index contributed by atoms with van der Waals surface area (Å²) in [7, 11) is 0.591. The summed E-state index contributed by atoms with van der Waals surface area (Å²) in [6, 6.07) is 8.55. The van der Waals surface area contributed by atoms with E-state index in [0.717, 1.165) is 32.4 Å². The molecule has 0 radical (unpaired) electrons. The molecule has 1 aromatic carbocycles. The van der Waals surface area contributed by atoms with Gasteiger partial charge in [-0.1, -0.05) is 24.3 Å². The van der Waals surface area contributed by atoms with E-state index in [1.165, 1.54) is 11.1 Å². The monoisotopic (exact) mass is 555 g/mol. The second kappa shape index (κ2) is 8.15. The highest BCUT2D eigenvalue weighted by Gasteiger charge is 2.49. The minimum atomic E-state index is -1.16. The zero-order valence-electron chi connectivity index (χ0n) is 18.4. The standard InChI is InChI=1S/C22H30IN5O2S/c1-21(2,3)31(30)26-17-15-8-6-5-7-14(15)13-22(17)9-11-28(12-10-22)20-25-18(24)16(23)19(29)27(20)4/h5-8,17,26H,9-13,24H2,1-4H3/t17?,31-/m1/s1. The van der Waals surface area contributed by atoms with Crippen LogP contribution in [-0.4, -0.2) is 31.6 Å². The number of nitrogens with zero attached hydrogens (tertiary/aromatic N) is 3. The highest BCUT2D eigenvalue weighted by molar-refractivity contribution is 14.1. The molecule has 2 aromatic rings. The molecule has 3 N–H and O–H groups in total. The van der Waals surface area contributed by atoms with E-state index in [1.54, 1.807) is 11.6 Å². The van der Waals surface area contributed by atoms with Gasteiger partial charge in [0.05, 0.1) is 21.8 Å². The zero-order valence-corrected chi connectivity index (χ0v) is 21.4. The lowest BCUT2D eigenvalue weighted by atomic mass is 9.73. The van der Waals surface area contributed by atoms with Gasteiger partial charge in [0, 0.05) is 20.1 Å². The molecule has 1 saturated heterocycles. The Hall–Kier alpha value is -1.46. The molecule has 2 aliphatic rings. The highest BCUT2D eigenvalue weighted by atomic mass is 127. The number of fused-ring (bicyclic) bond motifs is 1. The van der Waals surface area contributed by atoms with Crippen molar-refractivity contribution in [1.29, 1.82) is 0 Å². The number of halogens is 1. The lowest BCUT2D eigenvalue weighted by molar-refractivity contribution is 0.176. The minimum absolute atomic E-state index is 0.00525. The van der Waals surface area contributed by atoms with E-state index in [4.69, 9.17) is 5.73 Å². The number of anilines is 2. The zero-order chi connectivity index (χ0) is 22.6. The van der Waals surface area contributed by atoms with Crippen LogP contribution in [-0.2, 0) is 24.5 Å². The molecule has 2 atom stereocenters. The van der Waals surface area contributed by atoms with Crippen LogP contribution in [0.3, 0.4) is 0 Å². The van der Waals surface area contributed by atoms with Crippen molar-refractivity contribution in [2.24, 2.45) is 12.5 Å². The van der Waals surface area contributed by atoms with Crippen LogP contribution < -0.4 is 20.9 Å². The van der Waals surface area contributed by atoms with Gasteiger partial charge in [-0.2, -0.15) is 4.98 Å². The van der Waals surface area contributed by atoms with Crippen LogP contribution in [0, 0.1) is 8.99 Å². The van der Waals surface area contributed by atoms with Crippen molar-refractivity contribution in [2.75, 3.05) is 23.7 Å². The molecule has 0 bridgehead atoms. The van der Waals surface area contributed by atoms with Crippen LogP contribution in [0.15, 0.2) is 29.1 Å². The first-order valence-corrected chi connectivity index (χ1v) is 12.8. The quantitative estimate of drug-likeness (QED) is 0.569. The van der Waals surface area contributed by atoms with Crippen LogP contribution >= 0.6 is 22.6 Å². The Morgan fingerprint density at radius 2 is 1.90 bits per heavy atom. The highest BCUT2D eigenvalue weighted by Crippen LogP contribution is 2.52. The second-order valence-electron chi connectivity index (χ2n) is 9.63. The normalized spacial score (nSPS) is 21.3. The minimum Gasteiger partial charge on any atom is -0.383 e. The van der Waals surface area contributed by atoms with Gasteiger partial charge < -0.3 is 10.6 Å². The maximum atomic E-state index is 13.0. The number of benzene rings is 1. The van der Waals surface area contributed by atoms with Gasteiger partial charge >= 0.3 is 0 Å². The van der Waals surface area contributed by atoms with Crippen molar-refractivity contribution >= 4 is 45.3 Å². The molecule has 2 heterocycles. The van der Waals surface area contributed by atoms with Crippen LogP contribution in [0.4, 0.5) is 11.8 Å². The lowest BCUT2D eigenvalue weighted by Gasteiger charge is -2.44. The molecule has 1 fully saturated rings. The van der Waals surface area contributed by atoms with Gasteiger partial charge in [0.15, 0.2) is 0 Å². The number of hydrogen-bond acceptors (Lipinski definition) is 5. The largest absolute Gasteiger partial charge is 0.383 e. The first-order chi connectivity index (χ1) is 14.5. The SMILES string of the molecule is Cn1c(N2CCC3(CC2)Cc2ccccc2C3N[S@](=O)C(C)(C)C)nc(N)c(I)c1=O. The van der Waals surface area contributed by atoms with Crippen molar-refractivity contribution in [3.05, 3.63) is 49.3 Å². The average Bonchev–Trinajstić information content (AvgIpc) is 3.02. The van der Waals surface area contributed by atoms with Gasteiger partial charge in [0.1, 0.15) is 9.39 Å². The maximum Gasteiger partial charge on any atom is 0.270 e. The van der Waals surface area contributed by atoms with Crippen LogP contribution in [0.5, 0.6) is 0 Å². The summed E-state index contributed by atoms with van der Waals surface area (Å²) in [6.07, 6.45) is 2.81. The summed E-state index contributed by atoms with van der Waals surface area (Å²) < 4.78 is 18.2. The molecule has 1 unspecified atom stereocenters. The molecule has 1 aromatic heterocycles. The molecule has 31 heavy (non-hydrogen) atoms. The molecule has 1 spiro atoms. The molecule has 0 saturated carbocycles. The van der Waals surface area contributed by atoms with E-state index < -0.39 is 11.0 Å². The molecular weight excluding hydrogens is 525 g/mol. The van der Waals surface area contributed by atoms with Gasteiger partial charge in [-0.25, -0.2) is 8.93 Å². The van der Waals surface area contributed by atoms with Gasteiger partial charge in [-0.3, -0.25) is 9.36 Å². The van der Waals surface area contributed by atoms with E-state index in [1.807, 2.05) is 43.4 Å². The summed E-state index contributed by atoms with van der Waals surface area (Å²) in [6.45, 7) is 7.54. The van der Waals surface area contributed by atoms with E-state index >= 15 is 0 Å². The lowest BCUT2D eigenvalue weighted by Crippen LogP contribution is -2.49. The Morgan fingerprint density at radius 1 is 1.26 bits per heavy atom. The van der Waals surface area contributed by atoms with E-state index in [9.17, 15) is 9.00 Å². The molecule has 1 aliphatic heterocycles. The Bertz CT molecular complexity index is 1090. The van der Waals surface area contributed by atoms with E-state index in [0.29, 0.717) is 9.52 Å². The summed E-state index contributed by atoms with van der Waals surface area (Å²) in [4.78, 5) is 19.1. The molecule has 4 rings (SSSR count). The number of rotatable bonds is 3. The third-order valence-electron chi connectivity index (χ3n) is 6.58. The molecule has 9 heteroatoms. The average molecular weight is 555 g/mol. The molecule has 168 valence electrons. The van der Waals surface area contributed by atoms with Gasteiger partial charge in [0.25, 0.3) is 5.56 Å². The van der Waals surface area contributed by atoms with Crippen molar-refractivity contribution < 1.29 is 4.21 Å². The number of nitrogen functional groups attached to an aromatic ring is 1. The smallest absolute Gasteiger partial charge is 0.270 e. The Kier molecular flexibility index (Phi) is 5.97. The molecule has 0 amide bonds. The molecule has 7 nitrogen and oxygen atoms in total. The summed E-state index contributed by atoms with van der Waals surface area (Å²) >= 11 is 1.95.